The maximum atomic E-state index is 10.4. The summed E-state index contributed by atoms with van der Waals surface area (Å²) in [6.45, 7) is 0.305. The summed E-state index contributed by atoms with van der Waals surface area (Å²) >= 11 is 5.81. The van der Waals surface area contributed by atoms with E-state index in [1.807, 2.05) is 42.5 Å². The zero-order valence-corrected chi connectivity index (χ0v) is 11.3. The SMILES string of the molecule is O=C(O)NCc1ccc(/C=C/c2ccnc(Cl)c2)cc1. The van der Waals surface area contributed by atoms with Gasteiger partial charge in [-0.25, -0.2) is 9.78 Å². The van der Waals surface area contributed by atoms with E-state index in [1.165, 1.54) is 0 Å². The first-order valence-electron chi connectivity index (χ1n) is 5.99. The van der Waals surface area contributed by atoms with Crippen molar-refractivity contribution in [3.8, 4) is 0 Å². The van der Waals surface area contributed by atoms with Crippen molar-refractivity contribution in [1.82, 2.24) is 10.3 Å². The predicted molar refractivity (Wildman–Crippen MR) is 79.5 cm³/mol. The summed E-state index contributed by atoms with van der Waals surface area (Å²) in [5.41, 5.74) is 2.91. The maximum absolute atomic E-state index is 10.4. The number of carboxylic acid groups (broad SMARTS) is 1. The van der Waals surface area contributed by atoms with E-state index in [0.717, 1.165) is 16.7 Å². The highest BCUT2D eigenvalue weighted by Gasteiger charge is 1.96. The van der Waals surface area contributed by atoms with Crippen LogP contribution in [0.15, 0.2) is 42.6 Å². The molecule has 0 aliphatic carbocycles. The van der Waals surface area contributed by atoms with E-state index in [-0.39, 0.29) is 0 Å². The highest BCUT2D eigenvalue weighted by atomic mass is 35.5. The van der Waals surface area contributed by atoms with E-state index >= 15 is 0 Å². The lowest BCUT2D eigenvalue weighted by Gasteiger charge is -2.01. The molecule has 0 atom stereocenters. The number of pyridine rings is 1. The average Bonchev–Trinajstić information content (AvgIpc) is 2.44. The van der Waals surface area contributed by atoms with Crippen molar-refractivity contribution < 1.29 is 9.90 Å². The number of hydrogen-bond donors (Lipinski definition) is 2. The fraction of sp³-hybridized carbons (Fsp3) is 0.0667. The van der Waals surface area contributed by atoms with Crippen LogP contribution in [0, 0.1) is 0 Å². The fourth-order valence-corrected chi connectivity index (χ4v) is 1.82. The minimum absolute atomic E-state index is 0.305. The Hall–Kier alpha value is -2.33. The Kier molecular flexibility index (Phi) is 4.74. The lowest BCUT2D eigenvalue weighted by molar-refractivity contribution is 0.194. The predicted octanol–water partition coefficient (Wildman–Crippen LogP) is 3.67. The van der Waals surface area contributed by atoms with Crippen molar-refractivity contribution in [3.05, 3.63) is 64.4 Å². The largest absolute Gasteiger partial charge is 0.465 e. The zero-order valence-electron chi connectivity index (χ0n) is 10.6. The molecule has 1 aromatic heterocycles. The second-order valence-corrected chi connectivity index (χ2v) is 4.53. The fourth-order valence-electron chi connectivity index (χ4n) is 1.64. The van der Waals surface area contributed by atoms with Crippen LogP contribution in [0.4, 0.5) is 4.79 Å². The van der Waals surface area contributed by atoms with Gasteiger partial charge in [0.25, 0.3) is 0 Å². The van der Waals surface area contributed by atoms with E-state index in [4.69, 9.17) is 16.7 Å². The van der Waals surface area contributed by atoms with Gasteiger partial charge in [0.15, 0.2) is 0 Å². The molecule has 0 aliphatic rings. The van der Waals surface area contributed by atoms with Crippen LogP contribution >= 0.6 is 11.6 Å². The molecule has 2 rings (SSSR count). The van der Waals surface area contributed by atoms with Gasteiger partial charge >= 0.3 is 6.09 Å². The van der Waals surface area contributed by atoms with Crippen LogP contribution in [-0.4, -0.2) is 16.2 Å². The normalized spacial score (nSPS) is 10.7. The summed E-state index contributed by atoms with van der Waals surface area (Å²) in [5, 5.41) is 11.3. The molecule has 1 aromatic carbocycles. The Bertz CT molecular complexity index is 624. The van der Waals surface area contributed by atoms with Crippen LogP contribution in [0.5, 0.6) is 0 Å². The van der Waals surface area contributed by atoms with E-state index < -0.39 is 6.09 Å². The quantitative estimate of drug-likeness (QED) is 0.844. The van der Waals surface area contributed by atoms with Crippen molar-refractivity contribution in [3.63, 3.8) is 0 Å². The van der Waals surface area contributed by atoms with E-state index in [0.29, 0.717) is 11.7 Å². The Labute approximate surface area is 121 Å². The maximum Gasteiger partial charge on any atom is 0.404 e. The Balaban J connectivity index is 2.01. The molecule has 20 heavy (non-hydrogen) atoms. The highest BCUT2D eigenvalue weighted by molar-refractivity contribution is 6.29. The molecule has 0 saturated carbocycles. The lowest BCUT2D eigenvalue weighted by atomic mass is 10.1. The van der Waals surface area contributed by atoms with Gasteiger partial charge in [-0.2, -0.15) is 0 Å². The van der Waals surface area contributed by atoms with Crippen LogP contribution in [-0.2, 0) is 6.54 Å². The minimum Gasteiger partial charge on any atom is -0.465 e. The van der Waals surface area contributed by atoms with Crippen molar-refractivity contribution >= 4 is 29.8 Å². The van der Waals surface area contributed by atoms with Crippen molar-refractivity contribution in [2.24, 2.45) is 0 Å². The molecule has 0 bridgehead atoms. The molecule has 2 aromatic rings. The average molecular weight is 289 g/mol. The number of hydrogen-bond acceptors (Lipinski definition) is 2. The first kappa shape index (κ1) is 14.1. The van der Waals surface area contributed by atoms with E-state index in [2.05, 4.69) is 10.3 Å². The van der Waals surface area contributed by atoms with Gasteiger partial charge in [0.05, 0.1) is 0 Å². The van der Waals surface area contributed by atoms with Gasteiger partial charge in [-0.1, -0.05) is 48.0 Å². The topological polar surface area (TPSA) is 62.2 Å². The van der Waals surface area contributed by atoms with Crippen LogP contribution in [0.1, 0.15) is 16.7 Å². The number of carbonyl (C=O) groups is 1. The third-order valence-corrected chi connectivity index (χ3v) is 2.85. The van der Waals surface area contributed by atoms with Gasteiger partial charge in [0, 0.05) is 12.7 Å². The molecular formula is C15H13ClN2O2. The molecule has 0 unspecified atom stereocenters. The Morgan fingerprint density at radius 2 is 1.90 bits per heavy atom. The second kappa shape index (κ2) is 6.73. The van der Waals surface area contributed by atoms with Crippen LogP contribution < -0.4 is 5.32 Å². The first-order valence-corrected chi connectivity index (χ1v) is 6.36. The van der Waals surface area contributed by atoms with E-state index in [9.17, 15) is 4.79 Å². The van der Waals surface area contributed by atoms with Gasteiger partial charge in [-0.3, -0.25) is 0 Å². The monoisotopic (exact) mass is 288 g/mol. The Morgan fingerprint density at radius 3 is 2.55 bits per heavy atom. The summed E-state index contributed by atoms with van der Waals surface area (Å²) in [7, 11) is 0. The number of benzene rings is 1. The number of aromatic nitrogens is 1. The molecule has 5 heteroatoms. The van der Waals surface area contributed by atoms with Crippen molar-refractivity contribution in [2.45, 2.75) is 6.54 Å². The van der Waals surface area contributed by atoms with Crippen molar-refractivity contribution in [1.29, 1.82) is 0 Å². The third kappa shape index (κ3) is 4.40. The summed E-state index contributed by atoms with van der Waals surface area (Å²) in [4.78, 5) is 14.3. The van der Waals surface area contributed by atoms with Gasteiger partial charge in [0.2, 0.25) is 0 Å². The van der Waals surface area contributed by atoms with Crippen molar-refractivity contribution in [2.75, 3.05) is 0 Å². The third-order valence-electron chi connectivity index (χ3n) is 2.64. The molecule has 0 aliphatic heterocycles. The molecule has 4 nitrogen and oxygen atoms in total. The molecule has 2 N–H and O–H groups in total. The van der Waals surface area contributed by atoms with Gasteiger partial charge in [-0.05, 0) is 28.8 Å². The molecule has 102 valence electrons. The van der Waals surface area contributed by atoms with Gasteiger partial charge in [0.1, 0.15) is 5.15 Å². The molecular weight excluding hydrogens is 276 g/mol. The number of nitrogens with zero attached hydrogens (tertiary/aromatic N) is 1. The highest BCUT2D eigenvalue weighted by Crippen LogP contribution is 2.12. The van der Waals surface area contributed by atoms with E-state index in [1.54, 1.807) is 12.3 Å². The Morgan fingerprint density at radius 1 is 1.20 bits per heavy atom. The second-order valence-electron chi connectivity index (χ2n) is 4.15. The summed E-state index contributed by atoms with van der Waals surface area (Å²) < 4.78 is 0. The number of amides is 1. The van der Waals surface area contributed by atoms with Crippen LogP contribution in [0.3, 0.4) is 0 Å². The standard InChI is InChI=1S/C15H13ClN2O2/c16-14-9-12(7-8-17-14)4-1-11-2-5-13(6-3-11)10-18-15(19)20/h1-9,18H,10H2,(H,19,20)/b4-1+. The van der Waals surface area contributed by atoms with Gasteiger partial charge < -0.3 is 10.4 Å². The first-order chi connectivity index (χ1) is 9.63. The molecule has 0 radical (unpaired) electrons. The smallest absolute Gasteiger partial charge is 0.404 e. The number of halogens is 1. The number of rotatable bonds is 4. The molecule has 1 heterocycles. The molecule has 0 saturated heterocycles. The lowest BCUT2D eigenvalue weighted by Crippen LogP contribution is -2.19. The summed E-state index contributed by atoms with van der Waals surface area (Å²) in [5.74, 6) is 0. The molecule has 0 fully saturated rings. The molecule has 1 amide bonds. The zero-order chi connectivity index (χ0) is 14.4. The molecule has 0 spiro atoms. The summed E-state index contributed by atoms with van der Waals surface area (Å²) in [6.07, 6.45) is 4.53. The van der Waals surface area contributed by atoms with Gasteiger partial charge in [-0.15, -0.1) is 0 Å². The van der Waals surface area contributed by atoms with Crippen LogP contribution in [0.25, 0.3) is 12.2 Å². The summed E-state index contributed by atoms with van der Waals surface area (Å²) in [6, 6.07) is 11.3. The number of nitrogens with one attached hydrogen (secondary N) is 1. The van der Waals surface area contributed by atoms with Crippen LogP contribution in [0.2, 0.25) is 5.15 Å². The minimum atomic E-state index is -1.02.